The van der Waals surface area contributed by atoms with Crippen molar-refractivity contribution in [2.24, 2.45) is 17.8 Å². The minimum absolute atomic E-state index is 0.215. The van der Waals surface area contributed by atoms with Gasteiger partial charge in [0.2, 0.25) is 0 Å². The molecule has 3 heteroatoms. The van der Waals surface area contributed by atoms with Gasteiger partial charge in [0.1, 0.15) is 11.5 Å². The number of aromatic nitrogens is 1. The van der Waals surface area contributed by atoms with Gasteiger partial charge in [-0.05, 0) is 89.9 Å². The summed E-state index contributed by atoms with van der Waals surface area (Å²) in [5.41, 5.74) is 9.87. The Bertz CT molecular complexity index is 1780. The van der Waals surface area contributed by atoms with E-state index in [0.29, 0.717) is 5.41 Å². The van der Waals surface area contributed by atoms with E-state index >= 15 is 0 Å². The van der Waals surface area contributed by atoms with Crippen molar-refractivity contribution in [2.75, 3.05) is 0 Å². The number of ether oxygens (including phenoxy) is 1. The summed E-state index contributed by atoms with van der Waals surface area (Å²) in [5.74, 6) is 5.04. The monoisotopic (exact) mass is 463 g/mol. The summed E-state index contributed by atoms with van der Waals surface area (Å²) in [5, 5.41) is 2.69. The second-order valence-electron chi connectivity index (χ2n) is 12.3. The average Bonchev–Trinajstić information content (AvgIpc) is 3.49. The molecule has 4 aliphatic carbocycles. The third-order valence-corrected chi connectivity index (χ3v) is 10.7. The predicted molar refractivity (Wildman–Crippen MR) is 147 cm³/mol. The third-order valence-electron chi connectivity index (χ3n) is 10.7. The Morgan fingerprint density at radius 3 is 2.42 bits per heavy atom. The molecule has 0 amide bonds. The van der Waals surface area contributed by atoms with Gasteiger partial charge in [-0.15, -0.1) is 0 Å². The molecule has 36 heavy (non-hydrogen) atoms. The van der Waals surface area contributed by atoms with Gasteiger partial charge in [0.25, 0.3) is 6.71 Å². The number of fused-ring (bicyclic) bond motifs is 7. The van der Waals surface area contributed by atoms with Crippen molar-refractivity contribution in [3.8, 4) is 17.2 Å². The van der Waals surface area contributed by atoms with E-state index in [1.807, 2.05) is 0 Å². The number of benzene rings is 4. The maximum Gasteiger partial charge on any atom is 0.256 e. The average molecular weight is 463 g/mol. The van der Waals surface area contributed by atoms with Crippen LogP contribution in [0.5, 0.6) is 11.5 Å². The second kappa shape index (κ2) is 6.09. The third kappa shape index (κ3) is 2.03. The Hall–Kier alpha value is -3.46. The molecule has 1 aromatic heterocycles. The van der Waals surface area contributed by atoms with Gasteiger partial charge in [-0.1, -0.05) is 60.7 Å². The number of hydrogen-bond donors (Lipinski definition) is 0. The molecule has 0 spiro atoms. The highest BCUT2D eigenvalue weighted by molar-refractivity contribution is 6.99. The van der Waals surface area contributed by atoms with E-state index in [1.165, 1.54) is 87.3 Å². The van der Waals surface area contributed by atoms with Crippen LogP contribution in [0.1, 0.15) is 37.7 Å². The van der Waals surface area contributed by atoms with Gasteiger partial charge in [0.15, 0.2) is 0 Å². The Morgan fingerprint density at radius 1 is 0.750 bits per heavy atom. The van der Waals surface area contributed by atoms with Gasteiger partial charge in [0.05, 0.1) is 5.52 Å². The zero-order chi connectivity index (χ0) is 23.2. The first-order valence-corrected chi connectivity index (χ1v) is 13.8. The molecule has 0 N–H and O–H groups in total. The minimum atomic E-state index is 0.215. The van der Waals surface area contributed by atoms with Gasteiger partial charge in [-0.2, -0.15) is 0 Å². The van der Waals surface area contributed by atoms with Crippen LogP contribution in [-0.4, -0.2) is 11.3 Å². The van der Waals surface area contributed by atoms with Gasteiger partial charge in [-0.3, -0.25) is 0 Å². The molecular formula is C33H26BNO. The van der Waals surface area contributed by atoms with Crippen LogP contribution in [0, 0.1) is 17.8 Å². The molecule has 4 saturated carbocycles. The highest BCUT2D eigenvalue weighted by Gasteiger charge is 2.57. The Kier molecular flexibility index (Phi) is 3.17. The smallest absolute Gasteiger partial charge is 0.256 e. The SMILES string of the molecule is c1cc2c3c(c1)-n1c4ccccc4c4cccc(c41)B3c1cccc(C34CC5CC(C3)C(C5)C4)c1O2. The fraction of sp³-hybridized carbons (Fsp3) is 0.273. The molecule has 172 valence electrons. The van der Waals surface area contributed by atoms with E-state index in [0.717, 1.165) is 23.5 Å². The molecule has 6 aliphatic rings. The molecule has 2 aliphatic heterocycles. The molecule has 5 aromatic rings. The first-order chi connectivity index (χ1) is 17.8. The molecule has 11 rings (SSSR count). The highest BCUT2D eigenvalue weighted by Crippen LogP contribution is 2.65. The molecule has 2 atom stereocenters. The van der Waals surface area contributed by atoms with Gasteiger partial charge in [-0.25, -0.2) is 0 Å². The van der Waals surface area contributed by atoms with Crippen molar-refractivity contribution in [3.05, 3.63) is 84.4 Å². The first kappa shape index (κ1) is 18.8. The Morgan fingerprint density at radius 2 is 1.53 bits per heavy atom. The molecule has 4 bridgehead atoms. The quantitative estimate of drug-likeness (QED) is 0.281. The van der Waals surface area contributed by atoms with E-state index in [4.69, 9.17) is 4.74 Å². The Labute approximate surface area is 211 Å². The lowest BCUT2D eigenvalue weighted by Gasteiger charge is -2.42. The van der Waals surface area contributed by atoms with E-state index in [2.05, 4.69) is 83.4 Å². The molecular weight excluding hydrogens is 437 g/mol. The first-order valence-electron chi connectivity index (χ1n) is 13.8. The fourth-order valence-corrected chi connectivity index (χ4v) is 9.68. The van der Waals surface area contributed by atoms with Gasteiger partial charge < -0.3 is 9.30 Å². The van der Waals surface area contributed by atoms with Crippen LogP contribution < -0.4 is 21.1 Å². The van der Waals surface area contributed by atoms with Crippen LogP contribution >= 0.6 is 0 Å². The molecule has 3 heterocycles. The lowest BCUT2D eigenvalue weighted by atomic mass is 9.34. The number of para-hydroxylation sites is 3. The number of nitrogens with zero attached hydrogens (tertiary/aromatic N) is 1. The van der Waals surface area contributed by atoms with Crippen molar-refractivity contribution in [2.45, 2.75) is 37.5 Å². The predicted octanol–water partition coefficient (Wildman–Crippen LogP) is 5.80. The van der Waals surface area contributed by atoms with E-state index < -0.39 is 0 Å². The topological polar surface area (TPSA) is 14.2 Å². The van der Waals surface area contributed by atoms with Crippen molar-refractivity contribution in [3.63, 3.8) is 0 Å². The molecule has 4 fully saturated rings. The van der Waals surface area contributed by atoms with Crippen molar-refractivity contribution >= 4 is 44.9 Å². The van der Waals surface area contributed by atoms with Crippen LogP contribution in [0.3, 0.4) is 0 Å². The summed E-state index contributed by atoms with van der Waals surface area (Å²) in [6, 6.07) is 29.6. The van der Waals surface area contributed by atoms with Crippen LogP contribution in [0.25, 0.3) is 27.5 Å². The number of hydrogen-bond acceptors (Lipinski definition) is 1. The lowest BCUT2D eigenvalue weighted by Crippen LogP contribution is -2.58. The lowest BCUT2D eigenvalue weighted by molar-refractivity contribution is 0.225. The summed E-state index contributed by atoms with van der Waals surface area (Å²) in [6.45, 7) is 0.215. The van der Waals surface area contributed by atoms with Crippen LogP contribution in [0.4, 0.5) is 0 Å². The maximum atomic E-state index is 6.99. The normalized spacial score (nSPS) is 28.0. The largest absolute Gasteiger partial charge is 0.458 e. The van der Waals surface area contributed by atoms with Gasteiger partial charge >= 0.3 is 0 Å². The van der Waals surface area contributed by atoms with E-state index in [-0.39, 0.29) is 6.71 Å². The van der Waals surface area contributed by atoms with Crippen LogP contribution in [0.2, 0.25) is 0 Å². The maximum absolute atomic E-state index is 6.99. The molecule has 0 saturated heterocycles. The summed E-state index contributed by atoms with van der Waals surface area (Å²) in [6.07, 6.45) is 7.05. The van der Waals surface area contributed by atoms with E-state index in [9.17, 15) is 0 Å². The Balaban J connectivity index is 1.29. The van der Waals surface area contributed by atoms with E-state index in [1.54, 1.807) is 0 Å². The highest BCUT2D eigenvalue weighted by atomic mass is 16.5. The van der Waals surface area contributed by atoms with Crippen molar-refractivity contribution < 1.29 is 4.74 Å². The molecule has 0 radical (unpaired) electrons. The zero-order valence-electron chi connectivity index (χ0n) is 20.2. The summed E-state index contributed by atoms with van der Waals surface area (Å²) >= 11 is 0. The summed E-state index contributed by atoms with van der Waals surface area (Å²) in [4.78, 5) is 0. The summed E-state index contributed by atoms with van der Waals surface area (Å²) in [7, 11) is 0. The van der Waals surface area contributed by atoms with Crippen LogP contribution in [0.15, 0.2) is 78.9 Å². The van der Waals surface area contributed by atoms with Crippen LogP contribution in [-0.2, 0) is 5.41 Å². The summed E-state index contributed by atoms with van der Waals surface area (Å²) < 4.78 is 9.48. The molecule has 4 aromatic carbocycles. The molecule has 2 unspecified atom stereocenters. The fourth-order valence-electron chi connectivity index (χ4n) is 9.68. The van der Waals surface area contributed by atoms with Crippen molar-refractivity contribution in [1.29, 1.82) is 0 Å². The number of rotatable bonds is 1. The van der Waals surface area contributed by atoms with Gasteiger partial charge in [0, 0.05) is 27.5 Å². The van der Waals surface area contributed by atoms with Crippen molar-refractivity contribution in [1.82, 2.24) is 4.57 Å². The second-order valence-corrected chi connectivity index (χ2v) is 12.3. The molecule has 2 nitrogen and oxygen atoms in total. The minimum Gasteiger partial charge on any atom is -0.458 e. The standard InChI is InChI=1S/C33H26BNO/c1-2-11-27-22(6-1)23-7-3-9-25-31(23)35(27)28-12-5-13-29-30(28)34(25)26-10-4-8-24(32(26)36-29)33-16-19-14-20(17-33)21(15-19)18-33/h1-13,19-21H,14-18H2. The zero-order valence-corrected chi connectivity index (χ0v) is 20.2.